The Morgan fingerprint density at radius 1 is 0.905 bits per heavy atom. The average molecular weight is 289 g/mol. The zero-order valence-electron chi connectivity index (χ0n) is 12.9. The number of halogens is 2. The predicted octanol–water partition coefficient (Wildman–Crippen LogP) is 4.62. The third-order valence-electron chi connectivity index (χ3n) is 3.78. The molecule has 0 saturated carbocycles. The molecule has 0 saturated heterocycles. The van der Waals surface area contributed by atoms with Gasteiger partial charge in [-0.2, -0.15) is 0 Å². The van der Waals surface area contributed by atoms with E-state index in [1.807, 2.05) is 24.3 Å². The van der Waals surface area contributed by atoms with Crippen molar-refractivity contribution in [1.29, 1.82) is 0 Å². The van der Waals surface area contributed by atoms with Crippen molar-refractivity contribution in [1.82, 2.24) is 0 Å². The van der Waals surface area contributed by atoms with Gasteiger partial charge in [-0.1, -0.05) is 57.2 Å². The quantitative estimate of drug-likeness (QED) is 0.857. The van der Waals surface area contributed by atoms with E-state index in [1.165, 1.54) is 12.5 Å². The largest absolute Gasteiger partial charge is 0.320 e. The van der Waals surface area contributed by atoms with Crippen LogP contribution in [0.15, 0.2) is 36.4 Å². The molecule has 0 aliphatic rings. The lowest BCUT2D eigenvalue weighted by Crippen LogP contribution is -2.16. The first-order valence-corrected chi connectivity index (χ1v) is 7.02. The van der Waals surface area contributed by atoms with Gasteiger partial charge in [-0.3, -0.25) is 0 Å². The summed E-state index contributed by atoms with van der Waals surface area (Å²) in [6.45, 7) is 7.90. The molecular weight excluding hydrogens is 268 g/mol. The molecular formula is C18H21F2N. The monoisotopic (exact) mass is 289 g/mol. The van der Waals surface area contributed by atoms with Gasteiger partial charge >= 0.3 is 0 Å². The van der Waals surface area contributed by atoms with E-state index < -0.39 is 17.7 Å². The second-order valence-electron chi connectivity index (χ2n) is 6.45. The van der Waals surface area contributed by atoms with Crippen LogP contribution in [-0.2, 0) is 5.41 Å². The van der Waals surface area contributed by atoms with E-state index in [9.17, 15) is 8.78 Å². The molecule has 0 aliphatic heterocycles. The Morgan fingerprint density at radius 2 is 1.48 bits per heavy atom. The molecule has 21 heavy (non-hydrogen) atoms. The van der Waals surface area contributed by atoms with Gasteiger partial charge in [-0.15, -0.1) is 0 Å². The Hall–Kier alpha value is -1.74. The summed E-state index contributed by atoms with van der Waals surface area (Å²) in [5, 5.41) is 0. The zero-order valence-corrected chi connectivity index (χ0v) is 12.9. The molecule has 1 atom stereocenters. The minimum absolute atomic E-state index is 0.0455. The van der Waals surface area contributed by atoms with Gasteiger partial charge in [0, 0.05) is 5.56 Å². The van der Waals surface area contributed by atoms with Crippen molar-refractivity contribution in [2.45, 2.75) is 39.2 Å². The predicted molar refractivity (Wildman–Crippen MR) is 82.3 cm³/mol. The van der Waals surface area contributed by atoms with E-state index >= 15 is 0 Å². The van der Waals surface area contributed by atoms with E-state index in [1.54, 1.807) is 12.1 Å². The second-order valence-corrected chi connectivity index (χ2v) is 6.45. The third-order valence-corrected chi connectivity index (χ3v) is 3.78. The van der Waals surface area contributed by atoms with E-state index in [2.05, 4.69) is 20.8 Å². The van der Waals surface area contributed by atoms with Crippen LogP contribution in [0.1, 0.15) is 49.1 Å². The van der Waals surface area contributed by atoms with Crippen molar-refractivity contribution in [3.05, 3.63) is 70.3 Å². The van der Waals surface area contributed by atoms with Gasteiger partial charge in [0.1, 0.15) is 0 Å². The minimum Gasteiger partial charge on any atom is -0.320 e. The Balaban J connectivity index is 2.37. The summed E-state index contributed by atoms with van der Waals surface area (Å²) in [6.07, 6.45) is 0. The molecule has 0 bridgehead atoms. The maximum absolute atomic E-state index is 14.0. The van der Waals surface area contributed by atoms with Crippen LogP contribution >= 0.6 is 0 Å². The lowest BCUT2D eigenvalue weighted by atomic mass is 9.86. The fraction of sp³-hybridized carbons (Fsp3) is 0.333. The molecule has 2 aromatic carbocycles. The van der Waals surface area contributed by atoms with Crippen LogP contribution < -0.4 is 5.73 Å². The van der Waals surface area contributed by atoms with Gasteiger partial charge in [0.15, 0.2) is 11.6 Å². The highest BCUT2D eigenvalue weighted by molar-refractivity contribution is 5.37. The lowest BCUT2D eigenvalue weighted by molar-refractivity contribution is 0.489. The maximum Gasteiger partial charge on any atom is 0.164 e. The van der Waals surface area contributed by atoms with Crippen molar-refractivity contribution in [3.8, 4) is 0 Å². The first-order valence-electron chi connectivity index (χ1n) is 7.02. The van der Waals surface area contributed by atoms with Gasteiger partial charge in [-0.05, 0) is 29.0 Å². The van der Waals surface area contributed by atoms with Crippen LogP contribution in [0, 0.1) is 18.6 Å². The summed E-state index contributed by atoms with van der Waals surface area (Å²) in [5.74, 6) is -1.68. The van der Waals surface area contributed by atoms with E-state index in [0.717, 1.165) is 5.56 Å². The fourth-order valence-corrected chi connectivity index (χ4v) is 2.27. The van der Waals surface area contributed by atoms with Gasteiger partial charge in [-0.25, -0.2) is 8.78 Å². The van der Waals surface area contributed by atoms with Crippen LogP contribution in [0.5, 0.6) is 0 Å². The SMILES string of the molecule is Cc1ccc(C(N)c2ccc(C(C)(C)C)cc2)c(F)c1F. The normalized spacial score (nSPS) is 13.3. The first-order chi connectivity index (χ1) is 9.71. The lowest BCUT2D eigenvalue weighted by Gasteiger charge is -2.20. The summed E-state index contributed by atoms with van der Waals surface area (Å²) in [7, 11) is 0. The molecule has 0 aromatic heterocycles. The zero-order chi connectivity index (χ0) is 15.8. The summed E-state index contributed by atoms with van der Waals surface area (Å²) < 4.78 is 27.7. The first kappa shape index (κ1) is 15.6. The molecule has 0 heterocycles. The van der Waals surface area contributed by atoms with Crippen LogP contribution in [-0.4, -0.2) is 0 Å². The number of aryl methyl sites for hydroxylation is 1. The van der Waals surface area contributed by atoms with Crippen LogP contribution in [0.25, 0.3) is 0 Å². The van der Waals surface area contributed by atoms with Gasteiger partial charge in [0.2, 0.25) is 0 Å². The van der Waals surface area contributed by atoms with Crippen molar-refractivity contribution in [3.63, 3.8) is 0 Å². The topological polar surface area (TPSA) is 26.0 Å². The highest BCUT2D eigenvalue weighted by Gasteiger charge is 2.19. The number of hydrogen-bond acceptors (Lipinski definition) is 1. The van der Waals surface area contributed by atoms with E-state index in [4.69, 9.17) is 5.73 Å². The molecule has 0 fully saturated rings. The Bertz CT molecular complexity index is 640. The average Bonchev–Trinajstić information content (AvgIpc) is 2.43. The van der Waals surface area contributed by atoms with Gasteiger partial charge in [0.25, 0.3) is 0 Å². The molecule has 2 N–H and O–H groups in total. The minimum atomic E-state index is -0.859. The third kappa shape index (κ3) is 3.13. The summed E-state index contributed by atoms with van der Waals surface area (Å²) in [4.78, 5) is 0. The van der Waals surface area contributed by atoms with E-state index in [0.29, 0.717) is 0 Å². The van der Waals surface area contributed by atoms with Crippen molar-refractivity contribution < 1.29 is 8.78 Å². The Morgan fingerprint density at radius 3 is 2.00 bits per heavy atom. The maximum atomic E-state index is 14.0. The van der Waals surface area contributed by atoms with Crippen LogP contribution in [0.4, 0.5) is 8.78 Å². The van der Waals surface area contributed by atoms with Crippen LogP contribution in [0.3, 0.4) is 0 Å². The number of nitrogens with two attached hydrogens (primary N) is 1. The Labute approximate surface area is 124 Å². The fourth-order valence-electron chi connectivity index (χ4n) is 2.27. The Kier molecular flexibility index (Phi) is 4.15. The number of benzene rings is 2. The molecule has 1 nitrogen and oxygen atoms in total. The standard InChI is InChI=1S/C18H21F2N/c1-11-5-10-14(16(20)15(11)19)17(21)12-6-8-13(9-7-12)18(2,3)4/h5-10,17H,21H2,1-4H3. The van der Waals surface area contributed by atoms with Crippen molar-refractivity contribution in [2.75, 3.05) is 0 Å². The smallest absolute Gasteiger partial charge is 0.164 e. The second kappa shape index (κ2) is 5.57. The molecule has 2 rings (SSSR count). The number of rotatable bonds is 2. The molecule has 112 valence electrons. The van der Waals surface area contributed by atoms with Gasteiger partial charge < -0.3 is 5.73 Å². The van der Waals surface area contributed by atoms with Crippen molar-refractivity contribution in [2.24, 2.45) is 5.73 Å². The van der Waals surface area contributed by atoms with Crippen molar-refractivity contribution >= 4 is 0 Å². The summed E-state index contributed by atoms with van der Waals surface area (Å²) >= 11 is 0. The van der Waals surface area contributed by atoms with Crippen LogP contribution in [0.2, 0.25) is 0 Å². The highest BCUT2D eigenvalue weighted by Crippen LogP contribution is 2.28. The summed E-state index contributed by atoms with van der Waals surface area (Å²) in [5.41, 5.74) is 8.54. The molecule has 0 amide bonds. The molecule has 3 heteroatoms. The van der Waals surface area contributed by atoms with E-state index in [-0.39, 0.29) is 16.5 Å². The van der Waals surface area contributed by atoms with Gasteiger partial charge in [0.05, 0.1) is 6.04 Å². The summed E-state index contributed by atoms with van der Waals surface area (Å²) in [6, 6.07) is 10.2. The highest BCUT2D eigenvalue weighted by atomic mass is 19.2. The number of hydrogen-bond donors (Lipinski definition) is 1. The molecule has 2 aromatic rings. The molecule has 0 radical (unpaired) electrons. The molecule has 0 aliphatic carbocycles. The molecule has 0 spiro atoms. The molecule has 1 unspecified atom stereocenters.